The molecule has 1 aromatic rings. The lowest BCUT2D eigenvalue weighted by Crippen LogP contribution is -2.23. The zero-order chi connectivity index (χ0) is 13.8. The van der Waals surface area contributed by atoms with E-state index in [1.807, 2.05) is 4.90 Å². The highest BCUT2D eigenvalue weighted by Gasteiger charge is 2.29. The highest BCUT2D eigenvalue weighted by Crippen LogP contribution is 2.31. The summed E-state index contributed by atoms with van der Waals surface area (Å²) in [4.78, 5) is 20.4. The second-order valence-corrected chi connectivity index (χ2v) is 4.69. The molecular formula is C11H18N6O2. The van der Waals surface area contributed by atoms with Gasteiger partial charge in [-0.2, -0.15) is 4.98 Å². The highest BCUT2D eigenvalue weighted by molar-refractivity contribution is 5.59. The van der Waals surface area contributed by atoms with E-state index in [0.717, 1.165) is 32.4 Å². The summed E-state index contributed by atoms with van der Waals surface area (Å²) < 4.78 is 0. The summed E-state index contributed by atoms with van der Waals surface area (Å²) in [7, 11) is 0. The lowest BCUT2D eigenvalue weighted by molar-refractivity contribution is -0.384. The molecule has 1 saturated heterocycles. The molecule has 19 heavy (non-hydrogen) atoms. The monoisotopic (exact) mass is 266 g/mol. The van der Waals surface area contributed by atoms with Crippen molar-refractivity contribution in [2.24, 2.45) is 11.8 Å². The fourth-order valence-electron chi connectivity index (χ4n) is 2.47. The predicted octanol–water partition coefficient (Wildman–Crippen LogP) is 1.30. The van der Waals surface area contributed by atoms with E-state index in [-0.39, 0.29) is 11.6 Å². The maximum absolute atomic E-state index is 11.0. The van der Waals surface area contributed by atoms with E-state index < -0.39 is 4.92 Å². The number of nitrogens with one attached hydrogen (secondary N) is 1. The van der Waals surface area contributed by atoms with Crippen LogP contribution in [0.3, 0.4) is 0 Å². The van der Waals surface area contributed by atoms with Gasteiger partial charge in [0.2, 0.25) is 11.8 Å². The molecule has 2 heterocycles. The Morgan fingerprint density at radius 1 is 1.68 bits per heavy atom. The van der Waals surface area contributed by atoms with Gasteiger partial charge >= 0.3 is 5.69 Å². The molecule has 1 unspecified atom stereocenters. The maximum Gasteiger partial charge on any atom is 0.329 e. The largest absolute Gasteiger partial charge is 0.350 e. The van der Waals surface area contributed by atoms with Gasteiger partial charge in [0.25, 0.3) is 0 Å². The molecule has 0 bridgehead atoms. The summed E-state index contributed by atoms with van der Waals surface area (Å²) >= 11 is 0. The van der Waals surface area contributed by atoms with Crippen LogP contribution >= 0.6 is 0 Å². The minimum atomic E-state index is -0.456. The number of nitrogen functional groups attached to an aromatic ring is 1. The van der Waals surface area contributed by atoms with Crippen molar-refractivity contribution in [2.45, 2.75) is 26.2 Å². The third-order valence-electron chi connectivity index (χ3n) is 3.36. The molecular weight excluding hydrogens is 248 g/mol. The van der Waals surface area contributed by atoms with Crippen molar-refractivity contribution in [1.82, 2.24) is 9.97 Å². The number of rotatable bonds is 5. The van der Waals surface area contributed by atoms with Gasteiger partial charge in [-0.3, -0.25) is 15.5 Å². The average molecular weight is 266 g/mol. The zero-order valence-electron chi connectivity index (χ0n) is 10.9. The number of anilines is 2. The van der Waals surface area contributed by atoms with Gasteiger partial charge in [-0.1, -0.05) is 13.3 Å². The number of nitrogens with zero attached hydrogens (tertiary/aromatic N) is 4. The normalized spacial score (nSPS) is 18.6. The van der Waals surface area contributed by atoms with Crippen molar-refractivity contribution in [3.63, 3.8) is 0 Å². The molecule has 1 aliphatic heterocycles. The molecule has 8 heteroatoms. The van der Waals surface area contributed by atoms with Crippen LogP contribution in [0.2, 0.25) is 0 Å². The van der Waals surface area contributed by atoms with Crippen LogP contribution in [0, 0.1) is 16.0 Å². The topological polar surface area (TPSA) is 110 Å². The second-order valence-electron chi connectivity index (χ2n) is 4.69. The SMILES string of the molecule is CCCC1CCN(c2nc(NN)ncc2[N+](=O)[O-])C1. The summed E-state index contributed by atoms with van der Waals surface area (Å²) in [6, 6.07) is 0. The Hall–Kier alpha value is -1.96. The van der Waals surface area contributed by atoms with E-state index >= 15 is 0 Å². The predicted molar refractivity (Wildman–Crippen MR) is 71.7 cm³/mol. The van der Waals surface area contributed by atoms with Gasteiger partial charge in [-0.15, -0.1) is 0 Å². The van der Waals surface area contributed by atoms with E-state index in [4.69, 9.17) is 5.84 Å². The third kappa shape index (κ3) is 2.90. The van der Waals surface area contributed by atoms with E-state index in [1.165, 1.54) is 6.20 Å². The minimum Gasteiger partial charge on any atom is -0.350 e. The van der Waals surface area contributed by atoms with Crippen LogP contribution in [0.4, 0.5) is 17.5 Å². The van der Waals surface area contributed by atoms with E-state index in [2.05, 4.69) is 22.3 Å². The fraction of sp³-hybridized carbons (Fsp3) is 0.636. The zero-order valence-corrected chi connectivity index (χ0v) is 10.9. The first-order chi connectivity index (χ1) is 9.15. The van der Waals surface area contributed by atoms with Crippen LogP contribution < -0.4 is 16.2 Å². The molecule has 1 aliphatic rings. The number of hydrogen-bond donors (Lipinski definition) is 2. The number of aromatic nitrogens is 2. The highest BCUT2D eigenvalue weighted by atomic mass is 16.6. The Morgan fingerprint density at radius 3 is 3.11 bits per heavy atom. The Labute approximate surface area is 111 Å². The quantitative estimate of drug-likeness (QED) is 0.469. The summed E-state index contributed by atoms with van der Waals surface area (Å²) in [6.45, 7) is 3.73. The summed E-state index contributed by atoms with van der Waals surface area (Å²) in [5, 5.41) is 11.0. The maximum atomic E-state index is 11.0. The van der Waals surface area contributed by atoms with Crippen molar-refractivity contribution < 1.29 is 4.92 Å². The third-order valence-corrected chi connectivity index (χ3v) is 3.36. The molecule has 104 valence electrons. The Bertz CT molecular complexity index is 466. The first-order valence-corrected chi connectivity index (χ1v) is 6.38. The van der Waals surface area contributed by atoms with Gasteiger partial charge in [-0.25, -0.2) is 10.8 Å². The molecule has 0 aliphatic carbocycles. The van der Waals surface area contributed by atoms with Crippen LogP contribution in [0.5, 0.6) is 0 Å². The molecule has 1 aromatic heterocycles. The van der Waals surface area contributed by atoms with Crippen LogP contribution in [0.25, 0.3) is 0 Å². The average Bonchev–Trinajstić information content (AvgIpc) is 2.87. The van der Waals surface area contributed by atoms with Crippen molar-refractivity contribution in [3.8, 4) is 0 Å². The molecule has 2 rings (SSSR count). The summed E-state index contributed by atoms with van der Waals surface area (Å²) in [6.07, 6.45) is 4.50. The molecule has 0 saturated carbocycles. The number of hydrazine groups is 1. The van der Waals surface area contributed by atoms with Gasteiger partial charge in [0, 0.05) is 13.1 Å². The lowest BCUT2D eigenvalue weighted by Gasteiger charge is -2.17. The number of nitrogens with two attached hydrogens (primary N) is 1. The van der Waals surface area contributed by atoms with Gasteiger partial charge in [0.15, 0.2) is 0 Å². The van der Waals surface area contributed by atoms with E-state index in [1.54, 1.807) is 0 Å². The van der Waals surface area contributed by atoms with Gasteiger partial charge in [0.1, 0.15) is 6.20 Å². The van der Waals surface area contributed by atoms with Crippen LogP contribution in [0.15, 0.2) is 6.20 Å². The first kappa shape index (κ1) is 13.5. The lowest BCUT2D eigenvalue weighted by atomic mass is 10.0. The smallest absolute Gasteiger partial charge is 0.329 e. The van der Waals surface area contributed by atoms with E-state index in [0.29, 0.717) is 11.7 Å². The van der Waals surface area contributed by atoms with Gasteiger partial charge < -0.3 is 4.90 Å². The molecule has 8 nitrogen and oxygen atoms in total. The molecule has 0 amide bonds. The Balaban J connectivity index is 2.25. The molecule has 1 atom stereocenters. The van der Waals surface area contributed by atoms with Crippen molar-refractivity contribution in [2.75, 3.05) is 23.4 Å². The van der Waals surface area contributed by atoms with E-state index in [9.17, 15) is 10.1 Å². The van der Waals surface area contributed by atoms with Crippen LogP contribution in [0.1, 0.15) is 26.2 Å². The first-order valence-electron chi connectivity index (χ1n) is 6.38. The van der Waals surface area contributed by atoms with Crippen molar-refractivity contribution >= 4 is 17.5 Å². The van der Waals surface area contributed by atoms with Gasteiger partial charge in [0.05, 0.1) is 4.92 Å². The molecule has 0 radical (unpaired) electrons. The molecule has 1 fully saturated rings. The fourth-order valence-corrected chi connectivity index (χ4v) is 2.47. The summed E-state index contributed by atoms with van der Waals surface area (Å²) in [5.41, 5.74) is 2.25. The van der Waals surface area contributed by atoms with Crippen molar-refractivity contribution in [1.29, 1.82) is 0 Å². The van der Waals surface area contributed by atoms with Crippen LogP contribution in [-0.4, -0.2) is 28.0 Å². The van der Waals surface area contributed by atoms with Crippen molar-refractivity contribution in [3.05, 3.63) is 16.3 Å². The molecule has 0 aromatic carbocycles. The standard InChI is InChI=1S/C11H18N6O2/c1-2-3-8-4-5-16(7-8)10-9(17(18)19)6-13-11(14-10)15-12/h6,8H,2-5,7,12H2,1H3,(H,13,14,15). The summed E-state index contributed by atoms with van der Waals surface area (Å²) in [5.74, 6) is 6.38. The van der Waals surface area contributed by atoms with Crippen LogP contribution in [-0.2, 0) is 0 Å². The number of hydrogen-bond acceptors (Lipinski definition) is 7. The number of nitro groups is 1. The Morgan fingerprint density at radius 2 is 2.47 bits per heavy atom. The molecule has 3 N–H and O–H groups in total. The van der Waals surface area contributed by atoms with Gasteiger partial charge in [-0.05, 0) is 18.8 Å². The molecule has 0 spiro atoms. The second kappa shape index (κ2) is 5.79. The minimum absolute atomic E-state index is 0.0730. The Kier molecular flexibility index (Phi) is 4.10.